The molecular formula is C16H19ClN4O2. The molecule has 1 unspecified atom stereocenters. The Morgan fingerprint density at radius 3 is 2.87 bits per heavy atom. The van der Waals surface area contributed by atoms with E-state index in [0.29, 0.717) is 24.3 Å². The van der Waals surface area contributed by atoms with E-state index >= 15 is 0 Å². The molecule has 2 heterocycles. The van der Waals surface area contributed by atoms with E-state index in [9.17, 15) is 9.90 Å². The number of pyridine rings is 2. The lowest BCUT2D eigenvalue weighted by Crippen LogP contribution is -2.32. The first-order valence-corrected chi connectivity index (χ1v) is 7.64. The molecule has 7 heteroatoms. The first-order valence-electron chi connectivity index (χ1n) is 7.26. The Morgan fingerprint density at radius 2 is 2.22 bits per heavy atom. The molecule has 0 aliphatic heterocycles. The molecule has 0 saturated heterocycles. The lowest BCUT2D eigenvalue weighted by molar-refractivity contribution is 0.0939. The number of rotatable bonds is 7. The Kier molecular flexibility index (Phi) is 6.31. The highest BCUT2D eigenvalue weighted by molar-refractivity contribution is 6.29. The summed E-state index contributed by atoms with van der Waals surface area (Å²) in [6.45, 7) is 0.316. The topological polar surface area (TPSA) is 87.1 Å². The van der Waals surface area contributed by atoms with Gasteiger partial charge in [0.1, 0.15) is 11.0 Å². The minimum absolute atomic E-state index is 0.0320. The Balaban J connectivity index is 1.95. The number of anilines is 1. The summed E-state index contributed by atoms with van der Waals surface area (Å²) in [5.74, 6) is 0.162. The monoisotopic (exact) mass is 334 g/mol. The Hall–Kier alpha value is -2.18. The van der Waals surface area contributed by atoms with Crippen molar-refractivity contribution >= 4 is 23.3 Å². The number of nitrogens with one attached hydrogen (secondary N) is 2. The molecule has 2 aromatic rings. The van der Waals surface area contributed by atoms with E-state index in [4.69, 9.17) is 11.6 Å². The fourth-order valence-corrected chi connectivity index (χ4v) is 2.32. The van der Waals surface area contributed by atoms with Crippen molar-refractivity contribution in [2.24, 2.45) is 5.92 Å². The summed E-state index contributed by atoms with van der Waals surface area (Å²) in [5, 5.41) is 15.4. The Labute approximate surface area is 139 Å². The molecule has 2 aromatic heterocycles. The zero-order valence-corrected chi connectivity index (χ0v) is 13.5. The molecule has 0 fully saturated rings. The first-order chi connectivity index (χ1) is 11.1. The molecule has 0 radical (unpaired) electrons. The molecule has 1 amide bonds. The summed E-state index contributed by atoms with van der Waals surface area (Å²) < 4.78 is 0. The van der Waals surface area contributed by atoms with E-state index in [2.05, 4.69) is 20.6 Å². The first kappa shape index (κ1) is 17.2. The van der Waals surface area contributed by atoms with Gasteiger partial charge in [0.15, 0.2) is 0 Å². The highest BCUT2D eigenvalue weighted by atomic mass is 35.5. The predicted octanol–water partition coefficient (Wildman–Crippen LogP) is 1.75. The summed E-state index contributed by atoms with van der Waals surface area (Å²) in [7, 11) is 1.70. The number of carbonyl (C=O) groups is 1. The number of aliphatic hydroxyl groups excluding tert-OH is 1. The standard InChI is InChI=1S/C16H19ClN4O2/c1-18-15-8-12(7-14(17)21-15)16(23)20-9-11(10-22)6-13-4-2-3-5-19-13/h2-5,7-8,11,22H,6,9-10H2,1H3,(H,18,21)(H,20,23). The molecule has 0 aromatic carbocycles. The zero-order chi connectivity index (χ0) is 16.7. The molecular weight excluding hydrogens is 316 g/mol. The largest absolute Gasteiger partial charge is 0.396 e. The van der Waals surface area contributed by atoms with E-state index in [1.807, 2.05) is 18.2 Å². The molecule has 6 nitrogen and oxygen atoms in total. The van der Waals surface area contributed by atoms with Crippen LogP contribution in [0.25, 0.3) is 0 Å². The van der Waals surface area contributed by atoms with Gasteiger partial charge in [-0.2, -0.15) is 0 Å². The highest BCUT2D eigenvalue weighted by Gasteiger charge is 2.13. The fourth-order valence-electron chi connectivity index (χ4n) is 2.11. The van der Waals surface area contributed by atoms with Gasteiger partial charge in [0.05, 0.1) is 0 Å². The third-order valence-corrected chi connectivity index (χ3v) is 3.54. The lowest BCUT2D eigenvalue weighted by atomic mass is 10.0. The van der Waals surface area contributed by atoms with E-state index in [-0.39, 0.29) is 23.6 Å². The van der Waals surface area contributed by atoms with Crippen LogP contribution in [0.15, 0.2) is 36.5 Å². The van der Waals surface area contributed by atoms with Crippen molar-refractivity contribution in [3.05, 3.63) is 52.9 Å². The maximum absolute atomic E-state index is 12.2. The number of carbonyl (C=O) groups excluding carboxylic acids is 1. The molecule has 0 bridgehead atoms. The van der Waals surface area contributed by atoms with Gasteiger partial charge in [-0.05, 0) is 30.7 Å². The van der Waals surface area contributed by atoms with Gasteiger partial charge >= 0.3 is 0 Å². The van der Waals surface area contributed by atoms with Gasteiger partial charge in [0.25, 0.3) is 5.91 Å². The van der Waals surface area contributed by atoms with Crippen molar-refractivity contribution in [1.29, 1.82) is 0 Å². The average molecular weight is 335 g/mol. The van der Waals surface area contributed by atoms with E-state index in [0.717, 1.165) is 5.69 Å². The quantitative estimate of drug-likeness (QED) is 0.671. The molecule has 23 heavy (non-hydrogen) atoms. The van der Waals surface area contributed by atoms with E-state index in [1.165, 1.54) is 6.07 Å². The number of aliphatic hydroxyl groups is 1. The summed E-state index contributed by atoms with van der Waals surface area (Å²) in [4.78, 5) is 20.5. The molecule has 0 aliphatic carbocycles. The second-order valence-corrected chi connectivity index (χ2v) is 5.48. The van der Waals surface area contributed by atoms with Crippen LogP contribution in [-0.2, 0) is 6.42 Å². The van der Waals surface area contributed by atoms with Crippen LogP contribution in [0.5, 0.6) is 0 Å². The van der Waals surface area contributed by atoms with Crippen LogP contribution in [-0.4, -0.2) is 41.2 Å². The molecule has 2 rings (SSSR count). The van der Waals surface area contributed by atoms with Crippen molar-refractivity contribution in [2.75, 3.05) is 25.5 Å². The SMILES string of the molecule is CNc1cc(C(=O)NCC(CO)Cc2ccccn2)cc(Cl)n1. The number of hydrogen-bond donors (Lipinski definition) is 3. The second-order valence-electron chi connectivity index (χ2n) is 5.10. The van der Waals surface area contributed by atoms with E-state index in [1.54, 1.807) is 19.3 Å². The molecule has 122 valence electrons. The van der Waals surface area contributed by atoms with E-state index < -0.39 is 0 Å². The van der Waals surface area contributed by atoms with Crippen molar-refractivity contribution in [1.82, 2.24) is 15.3 Å². The van der Waals surface area contributed by atoms with Crippen LogP contribution >= 0.6 is 11.6 Å². The summed E-state index contributed by atoms with van der Waals surface area (Å²) >= 11 is 5.89. The average Bonchev–Trinajstić information content (AvgIpc) is 2.58. The second kappa shape index (κ2) is 8.45. The minimum atomic E-state index is -0.259. The number of amides is 1. The normalized spacial score (nSPS) is 11.8. The van der Waals surface area contributed by atoms with Crippen LogP contribution in [0.2, 0.25) is 5.15 Å². The maximum atomic E-state index is 12.2. The Bertz CT molecular complexity index is 652. The van der Waals surface area contributed by atoms with Crippen LogP contribution in [0.1, 0.15) is 16.1 Å². The zero-order valence-electron chi connectivity index (χ0n) is 12.8. The maximum Gasteiger partial charge on any atom is 0.251 e. The van der Waals surface area contributed by atoms with Gasteiger partial charge in [-0.1, -0.05) is 17.7 Å². The summed E-state index contributed by atoms with van der Waals surface area (Å²) in [6.07, 6.45) is 2.30. The van der Waals surface area contributed by atoms with Crippen molar-refractivity contribution in [3.63, 3.8) is 0 Å². The summed E-state index contributed by atoms with van der Waals surface area (Å²) in [6, 6.07) is 8.75. The molecule has 0 spiro atoms. The van der Waals surface area contributed by atoms with Crippen LogP contribution in [0, 0.1) is 5.92 Å². The van der Waals surface area contributed by atoms with Gasteiger partial charge in [0.2, 0.25) is 0 Å². The molecule has 0 aliphatic rings. The third kappa shape index (κ3) is 5.19. The predicted molar refractivity (Wildman–Crippen MR) is 89.6 cm³/mol. The number of nitrogens with zero attached hydrogens (tertiary/aromatic N) is 2. The molecule has 3 N–H and O–H groups in total. The van der Waals surface area contributed by atoms with Gasteiger partial charge in [-0.25, -0.2) is 4.98 Å². The molecule has 1 atom stereocenters. The van der Waals surface area contributed by atoms with Gasteiger partial charge < -0.3 is 15.7 Å². The van der Waals surface area contributed by atoms with Crippen LogP contribution < -0.4 is 10.6 Å². The van der Waals surface area contributed by atoms with Crippen LogP contribution in [0.4, 0.5) is 5.82 Å². The summed E-state index contributed by atoms with van der Waals surface area (Å²) in [5.41, 5.74) is 1.30. The Morgan fingerprint density at radius 1 is 1.39 bits per heavy atom. The highest BCUT2D eigenvalue weighted by Crippen LogP contribution is 2.14. The number of hydrogen-bond acceptors (Lipinski definition) is 5. The number of aromatic nitrogens is 2. The smallest absolute Gasteiger partial charge is 0.251 e. The van der Waals surface area contributed by atoms with Crippen molar-refractivity contribution in [2.45, 2.75) is 6.42 Å². The van der Waals surface area contributed by atoms with Gasteiger partial charge in [-0.15, -0.1) is 0 Å². The van der Waals surface area contributed by atoms with Crippen molar-refractivity contribution < 1.29 is 9.90 Å². The van der Waals surface area contributed by atoms with Crippen molar-refractivity contribution in [3.8, 4) is 0 Å². The van der Waals surface area contributed by atoms with Gasteiger partial charge in [0, 0.05) is 43.6 Å². The fraction of sp³-hybridized carbons (Fsp3) is 0.312. The lowest BCUT2D eigenvalue weighted by Gasteiger charge is -2.15. The number of halogens is 1. The third-order valence-electron chi connectivity index (χ3n) is 3.35. The minimum Gasteiger partial charge on any atom is -0.396 e. The molecule has 0 saturated carbocycles. The van der Waals surface area contributed by atoms with Gasteiger partial charge in [-0.3, -0.25) is 9.78 Å². The van der Waals surface area contributed by atoms with Crippen LogP contribution in [0.3, 0.4) is 0 Å².